The van der Waals surface area contributed by atoms with E-state index in [2.05, 4.69) is 10.0 Å². The second-order valence-electron chi connectivity index (χ2n) is 6.47. The van der Waals surface area contributed by atoms with Crippen LogP contribution in [0.15, 0.2) is 5.11 Å². The number of nitrogens with zero attached hydrogens (tertiary/aromatic N) is 3. The number of carbonyl (C=O) groups is 1. The van der Waals surface area contributed by atoms with Crippen molar-refractivity contribution in [3.63, 3.8) is 0 Å². The normalized spacial score (nSPS) is 41.8. The predicted molar refractivity (Wildman–Crippen MR) is 71.5 cm³/mol. The SMILES string of the molecule is CC1(C)O[C@@H]([C@@H]2OC(=O)[C@H]3OC(C)(C)O[C@@H]23)[C@H](CN=[N+]=[N-])O1. The fourth-order valence-electron chi connectivity index (χ4n) is 3.13. The number of ether oxygens (including phenoxy) is 5. The van der Waals surface area contributed by atoms with E-state index in [1.165, 1.54) is 0 Å². The zero-order valence-electron chi connectivity index (χ0n) is 12.9. The van der Waals surface area contributed by atoms with Crippen molar-refractivity contribution in [3.05, 3.63) is 10.4 Å². The lowest BCUT2D eigenvalue weighted by Crippen LogP contribution is -2.44. The third kappa shape index (κ3) is 2.66. The van der Waals surface area contributed by atoms with E-state index in [9.17, 15) is 4.79 Å². The summed E-state index contributed by atoms with van der Waals surface area (Å²) in [7, 11) is 0. The van der Waals surface area contributed by atoms with Gasteiger partial charge in [0.1, 0.15) is 12.2 Å². The molecule has 9 heteroatoms. The van der Waals surface area contributed by atoms with Gasteiger partial charge in [0.05, 0.1) is 12.6 Å². The van der Waals surface area contributed by atoms with Gasteiger partial charge in [-0.1, -0.05) is 5.11 Å². The molecular formula is C13H19N3O6. The van der Waals surface area contributed by atoms with Gasteiger partial charge < -0.3 is 23.7 Å². The standard InChI is InChI=1S/C13H19N3O6/c1-12(2)19-6(5-15-16-14)7(20-12)8-9-10(11(17)18-8)22-13(3,4)21-9/h6-10H,5H2,1-4H3/t6-,7+,8-,9-,10-/m0/s1. The third-order valence-electron chi connectivity index (χ3n) is 3.81. The van der Waals surface area contributed by atoms with Crippen molar-refractivity contribution >= 4 is 5.97 Å². The topological polar surface area (TPSA) is 112 Å². The molecule has 0 aliphatic carbocycles. The zero-order chi connectivity index (χ0) is 16.1. The minimum Gasteiger partial charge on any atom is -0.455 e. The van der Waals surface area contributed by atoms with Crippen LogP contribution in [0, 0.1) is 0 Å². The van der Waals surface area contributed by atoms with Gasteiger partial charge in [-0.3, -0.25) is 0 Å². The quantitative estimate of drug-likeness (QED) is 0.335. The number of hydrogen-bond acceptors (Lipinski definition) is 7. The minimum atomic E-state index is -0.861. The molecule has 5 atom stereocenters. The number of carbonyl (C=O) groups excluding carboxylic acids is 1. The molecule has 0 radical (unpaired) electrons. The van der Waals surface area contributed by atoms with Crippen molar-refractivity contribution in [1.29, 1.82) is 0 Å². The van der Waals surface area contributed by atoms with Gasteiger partial charge >= 0.3 is 5.97 Å². The molecule has 3 saturated heterocycles. The highest BCUT2D eigenvalue weighted by Crippen LogP contribution is 2.41. The molecule has 0 unspecified atom stereocenters. The molecule has 3 rings (SSSR count). The summed E-state index contributed by atoms with van der Waals surface area (Å²) < 4.78 is 28.3. The monoisotopic (exact) mass is 313 g/mol. The fraction of sp³-hybridized carbons (Fsp3) is 0.923. The Morgan fingerprint density at radius 2 is 1.68 bits per heavy atom. The van der Waals surface area contributed by atoms with Crippen LogP contribution in [0.25, 0.3) is 10.4 Å². The third-order valence-corrected chi connectivity index (χ3v) is 3.81. The van der Waals surface area contributed by atoms with Crippen LogP contribution >= 0.6 is 0 Å². The number of azide groups is 1. The molecule has 0 aromatic rings. The van der Waals surface area contributed by atoms with Gasteiger partial charge in [-0.05, 0) is 33.2 Å². The van der Waals surface area contributed by atoms with E-state index in [1.807, 2.05) is 0 Å². The average Bonchev–Trinajstić information content (AvgIpc) is 2.98. The van der Waals surface area contributed by atoms with E-state index in [-0.39, 0.29) is 6.54 Å². The van der Waals surface area contributed by atoms with Crippen LogP contribution in [0.2, 0.25) is 0 Å². The Morgan fingerprint density at radius 1 is 1.05 bits per heavy atom. The number of hydrogen-bond donors (Lipinski definition) is 0. The van der Waals surface area contributed by atoms with Crippen LogP contribution < -0.4 is 0 Å². The highest BCUT2D eigenvalue weighted by atomic mass is 16.8. The molecule has 0 spiro atoms. The van der Waals surface area contributed by atoms with Gasteiger partial charge in [-0.2, -0.15) is 0 Å². The maximum Gasteiger partial charge on any atom is 0.338 e. The van der Waals surface area contributed by atoms with Crippen molar-refractivity contribution in [2.45, 2.75) is 69.8 Å². The molecule has 0 amide bonds. The maximum absolute atomic E-state index is 12.0. The van der Waals surface area contributed by atoms with Gasteiger partial charge in [0.15, 0.2) is 23.8 Å². The van der Waals surface area contributed by atoms with Crippen molar-refractivity contribution in [3.8, 4) is 0 Å². The van der Waals surface area contributed by atoms with Gasteiger partial charge in [0.2, 0.25) is 0 Å². The van der Waals surface area contributed by atoms with Crippen molar-refractivity contribution < 1.29 is 28.5 Å². The Balaban J connectivity index is 1.82. The predicted octanol–water partition coefficient (Wildman–Crippen LogP) is 1.26. The van der Waals surface area contributed by atoms with Gasteiger partial charge in [-0.15, -0.1) is 0 Å². The molecular weight excluding hydrogens is 294 g/mol. The van der Waals surface area contributed by atoms with E-state index in [0.717, 1.165) is 0 Å². The van der Waals surface area contributed by atoms with Crippen LogP contribution in [0.1, 0.15) is 27.7 Å². The van der Waals surface area contributed by atoms with Crippen LogP contribution in [0.5, 0.6) is 0 Å². The molecule has 3 aliphatic heterocycles. The van der Waals surface area contributed by atoms with E-state index in [4.69, 9.17) is 29.2 Å². The second-order valence-corrected chi connectivity index (χ2v) is 6.47. The Hall–Kier alpha value is -1.38. The molecule has 3 heterocycles. The number of fused-ring (bicyclic) bond motifs is 1. The maximum atomic E-state index is 12.0. The van der Waals surface area contributed by atoms with Gasteiger partial charge in [0, 0.05) is 4.91 Å². The van der Waals surface area contributed by atoms with Crippen LogP contribution in [-0.4, -0.2) is 54.6 Å². The van der Waals surface area contributed by atoms with Crippen molar-refractivity contribution in [2.24, 2.45) is 5.11 Å². The van der Waals surface area contributed by atoms with E-state index >= 15 is 0 Å². The lowest BCUT2D eigenvalue weighted by Gasteiger charge is -2.26. The summed E-state index contributed by atoms with van der Waals surface area (Å²) in [5.74, 6) is -2.20. The number of cyclic esters (lactones) is 1. The van der Waals surface area contributed by atoms with Crippen molar-refractivity contribution in [2.75, 3.05) is 6.54 Å². The molecule has 0 N–H and O–H groups in total. The molecule has 0 aromatic heterocycles. The number of rotatable bonds is 3. The first-order chi connectivity index (χ1) is 10.2. The first-order valence-corrected chi connectivity index (χ1v) is 7.15. The molecule has 0 aromatic carbocycles. The summed E-state index contributed by atoms with van der Waals surface area (Å²) in [6, 6.07) is 0. The summed E-state index contributed by atoms with van der Waals surface area (Å²) in [5.41, 5.74) is 8.50. The van der Waals surface area contributed by atoms with Crippen LogP contribution in [0.3, 0.4) is 0 Å². The smallest absolute Gasteiger partial charge is 0.338 e. The lowest BCUT2D eigenvalue weighted by atomic mass is 10.0. The molecule has 3 fully saturated rings. The van der Waals surface area contributed by atoms with E-state index in [0.29, 0.717) is 0 Å². The summed E-state index contributed by atoms with van der Waals surface area (Å²) >= 11 is 0. The Labute approximate surface area is 127 Å². The molecule has 0 bridgehead atoms. The van der Waals surface area contributed by atoms with E-state index in [1.54, 1.807) is 27.7 Å². The minimum absolute atomic E-state index is 0.0836. The Bertz CT molecular complexity index is 530. The summed E-state index contributed by atoms with van der Waals surface area (Å²) in [5, 5.41) is 3.54. The first kappa shape index (κ1) is 15.5. The molecule has 122 valence electrons. The summed E-state index contributed by atoms with van der Waals surface area (Å²) in [6.45, 7) is 7.06. The lowest BCUT2D eigenvalue weighted by molar-refractivity contribution is -0.201. The fourth-order valence-corrected chi connectivity index (χ4v) is 3.13. The average molecular weight is 313 g/mol. The number of esters is 1. The second kappa shape index (κ2) is 5.07. The van der Waals surface area contributed by atoms with Crippen molar-refractivity contribution in [1.82, 2.24) is 0 Å². The Kier molecular flexibility index (Phi) is 3.58. The van der Waals surface area contributed by atoms with Gasteiger partial charge in [0.25, 0.3) is 0 Å². The largest absolute Gasteiger partial charge is 0.455 e. The summed E-state index contributed by atoms with van der Waals surface area (Å²) in [6.07, 6.45) is -3.11. The molecule has 22 heavy (non-hydrogen) atoms. The molecule has 3 aliphatic rings. The van der Waals surface area contributed by atoms with Crippen LogP contribution in [0.4, 0.5) is 0 Å². The molecule has 0 saturated carbocycles. The molecule has 9 nitrogen and oxygen atoms in total. The zero-order valence-corrected chi connectivity index (χ0v) is 12.9. The van der Waals surface area contributed by atoms with Gasteiger partial charge in [-0.25, -0.2) is 4.79 Å². The van der Waals surface area contributed by atoms with E-state index < -0.39 is 48.1 Å². The highest BCUT2D eigenvalue weighted by Gasteiger charge is 2.61. The van der Waals surface area contributed by atoms with Crippen LogP contribution in [-0.2, 0) is 28.5 Å². The first-order valence-electron chi connectivity index (χ1n) is 7.15. The Morgan fingerprint density at radius 3 is 2.36 bits per heavy atom. The summed E-state index contributed by atoms with van der Waals surface area (Å²) in [4.78, 5) is 14.7. The highest BCUT2D eigenvalue weighted by molar-refractivity contribution is 5.78.